The fraction of sp³-hybridized carbons (Fsp3) is 0.227. The van der Waals surface area contributed by atoms with Crippen LogP contribution >= 0.6 is 0 Å². The molecule has 2 N–H and O–H groups in total. The Hall–Kier alpha value is -3.21. The van der Waals surface area contributed by atoms with Gasteiger partial charge in [0.05, 0.1) is 0 Å². The van der Waals surface area contributed by atoms with Gasteiger partial charge in [-0.2, -0.15) is 0 Å². The Balaban J connectivity index is 1.72. The van der Waals surface area contributed by atoms with Crippen molar-refractivity contribution in [3.63, 3.8) is 0 Å². The Morgan fingerprint density at radius 2 is 1.78 bits per heavy atom. The molecule has 1 aliphatic rings. The van der Waals surface area contributed by atoms with Gasteiger partial charge in [0.15, 0.2) is 5.82 Å². The Bertz CT molecular complexity index is 981. The summed E-state index contributed by atoms with van der Waals surface area (Å²) < 4.78 is 0. The van der Waals surface area contributed by atoms with Crippen LogP contribution in [0.1, 0.15) is 34.5 Å². The lowest BCUT2D eigenvalue weighted by atomic mass is 10.1. The normalized spacial score (nSPS) is 13.3. The summed E-state index contributed by atoms with van der Waals surface area (Å²) in [6, 6.07) is 17.9. The summed E-state index contributed by atoms with van der Waals surface area (Å²) in [6.07, 6.45) is 2.08. The van der Waals surface area contributed by atoms with E-state index in [1.54, 1.807) is 6.07 Å². The molecule has 5 heteroatoms. The van der Waals surface area contributed by atoms with Gasteiger partial charge in [0, 0.05) is 23.4 Å². The van der Waals surface area contributed by atoms with Crippen molar-refractivity contribution in [3.8, 4) is 11.4 Å². The number of amides is 1. The summed E-state index contributed by atoms with van der Waals surface area (Å²) in [6.45, 7) is 4.09. The minimum atomic E-state index is -0.152. The Kier molecular flexibility index (Phi) is 4.59. The van der Waals surface area contributed by atoms with Crippen molar-refractivity contribution in [1.82, 2.24) is 15.3 Å². The second-order valence-electron chi connectivity index (χ2n) is 7.02. The number of rotatable bonds is 5. The van der Waals surface area contributed by atoms with E-state index in [4.69, 9.17) is 0 Å². The molecule has 0 spiro atoms. The average Bonchev–Trinajstić information content (AvgIpc) is 3.49. The van der Waals surface area contributed by atoms with Gasteiger partial charge in [0.1, 0.15) is 11.5 Å². The molecule has 4 rings (SSSR count). The number of hydrogen-bond acceptors (Lipinski definition) is 4. The zero-order valence-corrected chi connectivity index (χ0v) is 15.5. The van der Waals surface area contributed by atoms with Gasteiger partial charge in [-0.15, -0.1) is 0 Å². The van der Waals surface area contributed by atoms with Gasteiger partial charge in [-0.05, 0) is 43.9 Å². The predicted molar refractivity (Wildman–Crippen MR) is 107 cm³/mol. The highest BCUT2D eigenvalue weighted by Crippen LogP contribution is 2.24. The molecule has 136 valence electrons. The maximum absolute atomic E-state index is 12.6. The minimum Gasteiger partial charge on any atom is -0.348 e. The molecule has 0 saturated heterocycles. The number of carbonyl (C=O) groups excluding carboxylic acids is 1. The Morgan fingerprint density at radius 3 is 2.52 bits per heavy atom. The van der Waals surface area contributed by atoms with Gasteiger partial charge in [-0.3, -0.25) is 4.79 Å². The fourth-order valence-corrected chi connectivity index (χ4v) is 2.84. The molecule has 1 amide bonds. The van der Waals surface area contributed by atoms with Crippen LogP contribution < -0.4 is 10.6 Å². The molecule has 1 aliphatic carbocycles. The number of benzene rings is 2. The van der Waals surface area contributed by atoms with Crippen LogP contribution in [0.5, 0.6) is 0 Å². The average molecular weight is 358 g/mol. The molecule has 1 heterocycles. The largest absolute Gasteiger partial charge is 0.348 e. The van der Waals surface area contributed by atoms with Gasteiger partial charge in [-0.1, -0.05) is 42.5 Å². The fourth-order valence-electron chi connectivity index (χ4n) is 2.84. The third-order valence-electron chi connectivity index (χ3n) is 4.56. The molecule has 0 unspecified atom stereocenters. The molecular formula is C22H22N4O. The molecule has 0 aliphatic heterocycles. The molecular weight excluding hydrogens is 336 g/mol. The third kappa shape index (κ3) is 4.14. The number of nitrogens with zero attached hydrogens (tertiary/aromatic N) is 2. The summed E-state index contributed by atoms with van der Waals surface area (Å²) >= 11 is 0. The molecule has 1 aromatic heterocycles. The van der Waals surface area contributed by atoms with E-state index in [0.29, 0.717) is 17.3 Å². The van der Waals surface area contributed by atoms with Crippen molar-refractivity contribution in [2.45, 2.75) is 32.7 Å². The molecule has 1 saturated carbocycles. The number of anilines is 2. The number of hydrogen-bond donors (Lipinski definition) is 2. The summed E-state index contributed by atoms with van der Waals surface area (Å²) in [7, 11) is 0. The maximum Gasteiger partial charge on any atom is 0.270 e. The van der Waals surface area contributed by atoms with E-state index in [9.17, 15) is 4.79 Å². The molecule has 5 nitrogen and oxygen atoms in total. The second-order valence-corrected chi connectivity index (χ2v) is 7.02. The van der Waals surface area contributed by atoms with E-state index in [2.05, 4.69) is 45.7 Å². The number of nitrogens with one attached hydrogen (secondary N) is 2. The lowest BCUT2D eigenvalue weighted by molar-refractivity contribution is 0.0946. The first-order valence-corrected chi connectivity index (χ1v) is 9.18. The number of carbonyl (C=O) groups is 1. The smallest absolute Gasteiger partial charge is 0.270 e. The quantitative estimate of drug-likeness (QED) is 0.709. The highest BCUT2D eigenvalue weighted by Gasteiger charge is 2.25. The summed E-state index contributed by atoms with van der Waals surface area (Å²) in [5.41, 5.74) is 4.50. The SMILES string of the molecule is Cc1ccc(C)c(Nc2cc(C(=O)NC3CC3)nc(-c3ccccc3)n2)c1. The highest BCUT2D eigenvalue weighted by molar-refractivity contribution is 5.94. The maximum atomic E-state index is 12.6. The van der Waals surface area contributed by atoms with E-state index < -0.39 is 0 Å². The van der Waals surface area contributed by atoms with Crippen LogP contribution in [0.3, 0.4) is 0 Å². The van der Waals surface area contributed by atoms with E-state index in [0.717, 1.165) is 35.2 Å². The third-order valence-corrected chi connectivity index (χ3v) is 4.56. The zero-order chi connectivity index (χ0) is 18.8. The van der Waals surface area contributed by atoms with E-state index in [1.165, 1.54) is 0 Å². The zero-order valence-electron chi connectivity index (χ0n) is 15.5. The van der Waals surface area contributed by atoms with Gasteiger partial charge in [0.2, 0.25) is 0 Å². The van der Waals surface area contributed by atoms with Crippen LogP contribution in [0.2, 0.25) is 0 Å². The number of aromatic nitrogens is 2. The molecule has 0 bridgehead atoms. The van der Waals surface area contributed by atoms with Crippen molar-refractivity contribution in [1.29, 1.82) is 0 Å². The lowest BCUT2D eigenvalue weighted by Gasteiger charge is -2.13. The van der Waals surface area contributed by atoms with Crippen molar-refractivity contribution >= 4 is 17.4 Å². The van der Waals surface area contributed by atoms with Crippen LogP contribution in [0, 0.1) is 13.8 Å². The highest BCUT2D eigenvalue weighted by atomic mass is 16.2. The van der Waals surface area contributed by atoms with Crippen LogP contribution in [0.4, 0.5) is 11.5 Å². The first-order chi connectivity index (χ1) is 13.1. The number of aryl methyl sites for hydroxylation is 2. The van der Waals surface area contributed by atoms with E-state index in [1.807, 2.05) is 37.3 Å². The van der Waals surface area contributed by atoms with Crippen molar-refractivity contribution in [2.24, 2.45) is 0 Å². The Labute approximate surface area is 158 Å². The van der Waals surface area contributed by atoms with Gasteiger partial charge < -0.3 is 10.6 Å². The summed E-state index contributed by atoms with van der Waals surface area (Å²) in [4.78, 5) is 21.7. The summed E-state index contributed by atoms with van der Waals surface area (Å²) in [5.74, 6) is 0.992. The summed E-state index contributed by atoms with van der Waals surface area (Å²) in [5, 5.41) is 6.36. The minimum absolute atomic E-state index is 0.152. The van der Waals surface area contributed by atoms with Crippen LogP contribution in [0.25, 0.3) is 11.4 Å². The van der Waals surface area contributed by atoms with E-state index in [-0.39, 0.29) is 11.9 Å². The van der Waals surface area contributed by atoms with Gasteiger partial charge in [-0.25, -0.2) is 9.97 Å². The molecule has 3 aromatic rings. The van der Waals surface area contributed by atoms with Crippen molar-refractivity contribution < 1.29 is 4.79 Å². The predicted octanol–water partition coefficient (Wildman–Crippen LogP) is 4.40. The van der Waals surface area contributed by atoms with Crippen LogP contribution in [0.15, 0.2) is 54.6 Å². The monoisotopic (exact) mass is 358 g/mol. The molecule has 27 heavy (non-hydrogen) atoms. The van der Waals surface area contributed by atoms with Crippen LogP contribution in [-0.2, 0) is 0 Å². The molecule has 2 aromatic carbocycles. The van der Waals surface area contributed by atoms with Gasteiger partial charge in [0.25, 0.3) is 5.91 Å². The van der Waals surface area contributed by atoms with Gasteiger partial charge >= 0.3 is 0 Å². The molecule has 1 fully saturated rings. The Morgan fingerprint density at radius 1 is 1.00 bits per heavy atom. The second kappa shape index (κ2) is 7.19. The van der Waals surface area contributed by atoms with Crippen molar-refractivity contribution in [3.05, 3.63) is 71.4 Å². The topological polar surface area (TPSA) is 66.9 Å². The molecule has 0 atom stereocenters. The van der Waals surface area contributed by atoms with Crippen molar-refractivity contribution in [2.75, 3.05) is 5.32 Å². The first kappa shape index (κ1) is 17.2. The van der Waals surface area contributed by atoms with Crippen LogP contribution in [-0.4, -0.2) is 21.9 Å². The molecule has 0 radical (unpaired) electrons. The van der Waals surface area contributed by atoms with E-state index >= 15 is 0 Å². The first-order valence-electron chi connectivity index (χ1n) is 9.18. The standard InChI is InChI=1S/C22H22N4O/c1-14-8-9-15(2)18(12-14)24-20-13-19(22(27)23-17-10-11-17)25-21(26-20)16-6-4-3-5-7-16/h3-9,12-13,17H,10-11H2,1-2H3,(H,23,27)(H,24,25,26). The lowest BCUT2D eigenvalue weighted by Crippen LogP contribution is -2.26.